The highest BCUT2D eigenvalue weighted by atomic mass is 16.5. The van der Waals surface area contributed by atoms with Crippen LogP contribution < -0.4 is 5.73 Å². The minimum atomic E-state index is -0.0294. The summed E-state index contributed by atoms with van der Waals surface area (Å²) in [4.78, 5) is 11.4. The van der Waals surface area contributed by atoms with Crippen molar-refractivity contribution in [2.75, 3.05) is 12.3 Å². The molecule has 1 aromatic carbocycles. The third-order valence-corrected chi connectivity index (χ3v) is 3.45. The quantitative estimate of drug-likeness (QED) is 0.799. The molecule has 2 N–H and O–H groups in total. The van der Waals surface area contributed by atoms with Crippen LogP contribution in [0.1, 0.15) is 37.0 Å². The highest BCUT2D eigenvalue weighted by Gasteiger charge is 2.27. The van der Waals surface area contributed by atoms with Gasteiger partial charge in [0.05, 0.1) is 6.10 Å². The molecular formula is C14H19NO2. The zero-order valence-corrected chi connectivity index (χ0v) is 10.4. The third kappa shape index (κ3) is 2.67. The van der Waals surface area contributed by atoms with E-state index in [9.17, 15) is 4.79 Å². The molecule has 3 nitrogen and oxygen atoms in total. The lowest BCUT2D eigenvalue weighted by molar-refractivity contribution is -0.125. The molecule has 1 saturated heterocycles. The minimum Gasteiger partial charge on any atom is -0.398 e. The number of aryl methyl sites for hydroxylation is 1. The van der Waals surface area contributed by atoms with Crippen molar-refractivity contribution in [1.82, 2.24) is 0 Å². The van der Waals surface area contributed by atoms with Crippen LogP contribution in [0.25, 0.3) is 0 Å². The molecule has 1 aromatic rings. The molecule has 0 saturated carbocycles. The summed E-state index contributed by atoms with van der Waals surface area (Å²) in [5.74, 6) is 0.374. The first-order valence-corrected chi connectivity index (χ1v) is 6.06. The number of benzene rings is 1. The van der Waals surface area contributed by atoms with Crippen molar-refractivity contribution < 1.29 is 9.53 Å². The Balaban J connectivity index is 2.19. The predicted octanol–water partition coefficient (Wildman–Crippen LogP) is 2.63. The second kappa shape index (κ2) is 4.88. The fourth-order valence-corrected chi connectivity index (χ4v) is 2.37. The molecule has 0 aromatic heterocycles. The van der Waals surface area contributed by atoms with Crippen LogP contribution in [0.5, 0.6) is 0 Å². The lowest BCUT2D eigenvalue weighted by atomic mass is 9.88. The summed E-state index contributed by atoms with van der Waals surface area (Å²) >= 11 is 0. The Bertz CT molecular complexity index is 428. The van der Waals surface area contributed by atoms with Gasteiger partial charge in [0.2, 0.25) is 0 Å². The van der Waals surface area contributed by atoms with E-state index in [0.717, 1.165) is 29.7 Å². The number of hydrogen-bond donors (Lipinski definition) is 1. The molecule has 1 fully saturated rings. The van der Waals surface area contributed by atoms with Gasteiger partial charge in [-0.25, -0.2) is 0 Å². The van der Waals surface area contributed by atoms with E-state index in [1.807, 2.05) is 25.1 Å². The smallest absolute Gasteiger partial charge is 0.133 e. The van der Waals surface area contributed by atoms with Crippen LogP contribution in [-0.4, -0.2) is 12.4 Å². The summed E-state index contributed by atoms with van der Waals surface area (Å²) in [6.07, 6.45) is 1.55. The molecule has 2 rings (SSSR count). The summed E-state index contributed by atoms with van der Waals surface area (Å²) in [7, 11) is 0. The zero-order chi connectivity index (χ0) is 12.4. The van der Waals surface area contributed by atoms with Gasteiger partial charge in [0.25, 0.3) is 0 Å². The summed E-state index contributed by atoms with van der Waals surface area (Å²) in [6.45, 7) is 4.31. The van der Waals surface area contributed by atoms with Crippen LogP contribution in [0.3, 0.4) is 0 Å². The number of rotatable bonds is 2. The summed E-state index contributed by atoms with van der Waals surface area (Å²) < 4.78 is 5.73. The van der Waals surface area contributed by atoms with Crippen molar-refractivity contribution in [2.24, 2.45) is 5.92 Å². The van der Waals surface area contributed by atoms with E-state index in [1.54, 1.807) is 6.92 Å². The van der Waals surface area contributed by atoms with Crippen LogP contribution in [0.4, 0.5) is 5.69 Å². The molecule has 0 bridgehead atoms. The molecule has 0 amide bonds. The standard InChI is InChI=1S/C14H19NO2/c1-9-3-4-12(13(15)7-9)14-8-11(10(2)16)5-6-17-14/h3-4,7,11,14H,5-6,8,15H2,1-2H3. The van der Waals surface area contributed by atoms with E-state index in [2.05, 4.69) is 0 Å². The van der Waals surface area contributed by atoms with E-state index in [1.165, 1.54) is 0 Å². The van der Waals surface area contributed by atoms with Crippen LogP contribution in [-0.2, 0) is 9.53 Å². The first-order valence-electron chi connectivity index (χ1n) is 6.06. The molecule has 0 radical (unpaired) electrons. The summed E-state index contributed by atoms with van der Waals surface area (Å²) in [5.41, 5.74) is 8.93. The molecule has 1 aliphatic heterocycles. The van der Waals surface area contributed by atoms with Crippen molar-refractivity contribution in [3.63, 3.8) is 0 Å². The molecule has 1 aliphatic rings. The minimum absolute atomic E-state index is 0.0294. The maximum absolute atomic E-state index is 11.4. The van der Waals surface area contributed by atoms with Crippen molar-refractivity contribution in [2.45, 2.75) is 32.8 Å². The van der Waals surface area contributed by atoms with Crippen LogP contribution in [0, 0.1) is 12.8 Å². The van der Waals surface area contributed by atoms with Crippen molar-refractivity contribution in [1.29, 1.82) is 0 Å². The fourth-order valence-electron chi connectivity index (χ4n) is 2.37. The van der Waals surface area contributed by atoms with Crippen LogP contribution in [0.15, 0.2) is 18.2 Å². The second-order valence-corrected chi connectivity index (χ2v) is 4.82. The molecular weight excluding hydrogens is 214 g/mol. The molecule has 92 valence electrons. The van der Waals surface area contributed by atoms with Gasteiger partial charge in [0.15, 0.2) is 0 Å². The number of ether oxygens (including phenoxy) is 1. The number of nitrogens with two attached hydrogens (primary N) is 1. The van der Waals surface area contributed by atoms with Gasteiger partial charge < -0.3 is 10.5 Å². The Morgan fingerprint density at radius 2 is 2.24 bits per heavy atom. The normalized spacial score (nSPS) is 24.6. The number of ketones is 1. The fraction of sp³-hybridized carbons (Fsp3) is 0.500. The Hall–Kier alpha value is -1.35. The van der Waals surface area contributed by atoms with Gasteiger partial charge in [-0.3, -0.25) is 4.79 Å². The highest BCUT2D eigenvalue weighted by Crippen LogP contribution is 2.34. The van der Waals surface area contributed by atoms with Gasteiger partial charge in [-0.2, -0.15) is 0 Å². The Labute approximate surface area is 102 Å². The number of Topliss-reactive ketones (excluding diaryl/α,β-unsaturated/α-hetero) is 1. The SMILES string of the molecule is CC(=O)C1CCOC(c2ccc(C)cc2N)C1. The van der Waals surface area contributed by atoms with Crippen molar-refractivity contribution >= 4 is 11.5 Å². The maximum Gasteiger partial charge on any atom is 0.133 e. The maximum atomic E-state index is 11.4. The number of nitrogen functional groups attached to an aromatic ring is 1. The van der Waals surface area contributed by atoms with E-state index in [-0.39, 0.29) is 17.8 Å². The summed E-state index contributed by atoms with van der Waals surface area (Å²) in [5, 5.41) is 0. The van der Waals surface area contributed by atoms with Gasteiger partial charge in [0.1, 0.15) is 5.78 Å². The number of anilines is 1. The first-order chi connectivity index (χ1) is 8.08. The van der Waals surface area contributed by atoms with Crippen LogP contribution in [0.2, 0.25) is 0 Å². The Morgan fingerprint density at radius 3 is 2.88 bits per heavy atom. The van der Waals surface area contributed by atoms with Gasteiger partial charge in [-0.1, -0.05) is 12.1 Å². The molecule has 17 heavy (non-hydrogen) atoms. The lowest BCUT2D eigenvalue weighted by Gasteiger charge is -2.29. The summed E-state index contributed by atoms with van der Waals surface area (Å²) in [6, 6.07) is 6.00. The van der Waals surface area contributed by atoms with E-state index >= 15 is 0 Å². The average Bonchev–Trinajstić information content (AvgIpc) is 2.29. The van der Waals surface area contributed by atoms with Gasteiger partial charge >= 0.3 is 0 Å². The van der Waals surface area contributed by atoms with E-state index < -0.39 is 0 Å². The molecule has 3 heteroatoms. The topological polar surface area (TPSA) is 52.3 Å². The van der Waals surface area contributed by atoms with E-state index in [4.69, 9.17) is 10.5 Å². The predicted molar refractivity (Wildman–Crippen MR) is 67.7 cm³/mol. The van der Waals surface area contributed by atoms with Gasteiger partial charge in [-0.15, -0.1) is 0 Å². The largest absolute Gasteiger partial charge is 0.398 e. The van der Waals surface area contributed by atoms with Gasteiger partial charge in [-0.05, 0) is 38.3 Å². The lowest BCUT2D eigenvalue weighted by Crippen LogP contribution is -2.24. The Morgan fingerprint density at radius 1 is 1.47 bits per heavy atom. The zero-order valence-electron chi connectivity index (χ0n) is 10.4. The second-order valence-electron chi connectivity index (χ2n) is 4.82. The molecule has 1 heterocycles. The van der Waals surface area contributed by atoms with E-state index in [0.29, 0.717) is 6.61 Å². The van der Waals surface area contributed by atoms with Crippen LogP contribution >= 0.6 is 0 Å². The number of carbonyl (C=O) groups is 1. The van der Waals surface area contributed by atoms with Crippen molar-refractivity contribution in [3.05, 3.63) is 29.3 Å². The molecule has 0 aliphatic carbocycles. The molecule has 0 spiro atoms. The third-order valence-electron chi connectivity index (χ3n) is 3.45. The molecule has 2 atom stereocenters. The van der Waals surface area contributed by atoms with Crippen molar-refractivity contribution in [3.8, 4) is 0 Å². The first kappa shape index (κ1) is 12.1. The Kier molecular flexibility index (Phi) is 3.48. The number of hydrogen-bond acceptors (Lipinski definition) is 3. The number of carbonyl (C=O) groups excluding carboxylic acids is 1. The molecule has 2 unspecified atom stereocenters. The monoisotopic (exact) mass is 233 g/mol. The average molecular weight is 233 g/mol. The van der Waals surface area contributed by atoms with Gasteiger partial charge in [0, 0.05) is 23.8 Å². The highest BCUT2D eigenvalue weighted by molar-refractivity contribution is 5.78.